The Labute approximate surface area is 135 Å². The van der Waals surface area contributed by atoms with Crippen molar-refractivity contribution in [3.05, 3.63) is 71.5 Å². The Morgan fingerprint density at radius 3 is 2.48 bits per heavy atom. The van der Waals surface area contributed by atoms with E-state index in [2.05, 4.69) is 0 Å². The molecule has 1 heterocycles. The summed E-state index contributed by atoms with van der Waals surface area (Å²) in [5.41, 5.74) is 1.54. The lowest BCUT2D eigenvalue weighted by Crippen LogP contribution is -2.42. The Kier molecular flexibility index (Phi) is 4.75. The molecule has 6 heteroatoms. The highest BCUT2D eigenvalue weighted by molar-refractivity contribution is 7.88. The molecule has 3 rings (SSSR count). The number of hydrogen-bond donors (Lipinski definition) is 0. The molecule has 1 aliphatic heterocycles. The minimum Gasteiger partial charge on any atom is -0.371 e. The van der Waals surface area contributed by atoms with Crippen LogP contribution in [0.4, 0.5) is 4.39 Å². The largest absolute Gasteiger partial charge is 0.371 e. The van der Waals surface area contributed by atoms with E-state index in [1.165, 1.54) is 28.6 Å². The van der Waals surface area contributed by atoms with Gasteiger partial charge in [0.1, 0.15) is 5.82 Å². The van der Waals surface area contributed by atoms with Crippen molar-refractivity contribution in [2.45, 2.75) is 11.9 Å². The third kappa shape index (κ3) is 3.96. The van der Waals surface area contributed by atoms with Crippen LogP contribution in [0.15, 0.2) is 54.6 Å². The number of halogens is 1. The number of benzene rings is 2. The normalized spacial score (nSPS) is 19.6. The standard InChI is InChI=1S/C17H18FNO3S/c18-16-8-6-14(7-9-16)13-23(20,21)19-10-11-22-17(12-19)15-4-2-1-3-5-15/h1-9,17H,10-13H2. The van der Waals surface area contributed by atoms with E-state index in [9.17, 15) is 12.8 Å². The molecule has 2 aromatic rings. The number of sulfonamides is 1. The van der Waals surface area contributed by atoms with Gasteiger partial charge in [0, 0.05) is 13.1 Å². The van der Waals surface area contributed by atoms with Crippen LogP contribution < -0.4 is 0 Å². The van der Waals surface area contributed by atoms with Gasteiger partial charge in [-0.2, -0.15) is 4.31 Å². The average molecular weight is 335 g/mol. The fourth-order valence-corrected chi connectivity index (χ4v) is 4.14. The molecular formula is C17H18FNO3S. The second-order valence-corrected chi connectivity index (χ2v) is 7.48. The number of hydrogen-bond acceptors (Lipinski definition) is 3. The van der Waals surface area contributed by atoms with Gasteiger partial charge in [-0.25, -0.2) is 12.8 Å². The third-order valence-corrected chi connectivity index (χ3v) is 5.67. The SMILES string of the molecule is O=S(=O)(Cc1ccc(F)cc1)N1CCOC(c2ccccc2)C1. The molecule has 0 N–H and O–H groups in total. The van der Waals surface area contributed by atoms with Crippen molar-refractivity contribution in [1.82, 2.24) is 4.31 Å². The summed E-state index contributed by atoms with van der Waals surface area (Å²) >= 11 is 0. The lowest BCUT2D eigenvalue weighted by Gasteiger charge is -2.32. The van der Waals surface area contributed by atoms with E-state index >= 15 is 0 Å². The van der Waals surface area contributed by atoms with Crippen LogP contribution in [0.25, 0.3) is 0 Å². The maximum absolute atomic E-state index is 12.9. The summed E-state index contributed by atoms with van der Waals surface area (Å²) in [7, 11) is -3.46. The first-order chi connectivity index (χ1) is 11.0. The van der Waals surface area contributed by atoms with Gasteiger partial charge in [0.2, 0.25) is 10.0 Å². The molecular weight excluding hydrogens is 317 g/mol. The molecule has 23 heavy (non-hydrogen) atoms. The van der Waals surface area contributed by atoms with Crippen LogP contribution >= 0.6 is 0 Å². The van der Waals surface area contributed by atoms with Crippen molar-refractivity contribution in [3.8, 4) is 0 Å². The van der Waals surface area contributed by atoms with Gasteiger partial charge in [-0.3, -0.25) is 0 Å². The van der Waals surface area contributed by atoms with Crippen molar-refractivity contribution < 1.29 is 17.5 Å². The van der Waals surface area contributed by atoms with E-state index in [1.54, 1.807) is 0 Å². The summed E-state index contributed by atoms with van der Waals surface area (Å²) in [5, 5.41) is 0. The Balaban J connectivity index is 1.73. The third-order valence-electron chi connectivity index (χ3n) is 3.86. The molecule has 0 aromatic heterocycles. The van der Waals surface area contributed by atoms with E-state index in [4.69, 9.17) is 4.74 Å². The molecule has 1 fully saturated rings. The van der Waals surface area contributed by atoms with E-state index in [0.29, 0.717) is 25.3 Å². The van der Waals surface area contributed by atoms with Gasteiger partial charge in [0.15, 0.2) is 0 Å². The number of morpholine rings is 1. The minimum absolute atomic E-state index is 0.130. The van der Waals surface area contributed by atoms with Gasteiger partial charge in [0.25, 0.3) is 0 Å². The van der Waals surface area contributed by atoms with E-state index in [1.807, 2.05) is 30.3 Å². The maximum atomic E-state index is 12.9. The van der Waals surface area contributed by atoms with E-state index in [-0.39, 0.29) is 17.7 Å². The fraction of sp³-hybridized carbons (Fsp3) is 0.294. The van der Waals surface area contributed by atoms with Crippen LogP contribution in [-0.4, -0.2) is 32.4 Å². The summed E-state index contributed by atoms with van der Waals surface area (Å²) in [6.45, 7) is 1.00. The summed E-state index contributed by atoms with van der Waals surface area (Å²) in [6.07, 6.45) is -0.257. The first-order valence-corrected chi connectivity index (χ1v) is 9.04. The summed E-state index contributed by atoms with van der Waals surface area (Å²) < 4.78 is 45.3. The monoisotopic (exact) mass is 335 g/mol. The predicted octanol–water partition coefficient (Wildman–Crippen LogP) is 2.73. The molecule has 1 aliphatic rings. The van der Waals surface area contributed by atoms with Crippen LogP contribution in [0.1, 0.15) is 17.2 Å². The summed E-state index contributed by atoms with van der Waals surface area (Å²) in [5.74, 6) is -0.504. The quantitative estimate of drug-likeness (QED) is 0.863. The Morgan fingerprint density at radius 2 is 1.78 bits per heavy atom. The molecule has 1 saturated heterocycles. The van der Waals surface area contributed by atoms with Crippen molar-refractivity contribution >= 4 is 10.0 Å². The molecule has 0 radical (unpaired) electrons. The van der Waals surface area contributed by atoms with Crippen LogP contribution in [0.2, 0.25) is 0 Å². The number of ether oxygens (including phenoxy) is 1. The molecule has 4 nitrogen and oxygen atoms in total. The van der Waals surface area contributed by atoms with Crippen molar-refractivity contribution in [2.75, 3.05) is 19.7 Å². The van der Waals surface area contributed by atoms with Gasteiger partial charge < -0.3 is 4.74 Å². The summed E-state index contributed by atoms with van der Waals surface area (Å²) in [4.78, 5) is 0. The maximum Gasteiger partial charge on any atom is 0.218 e. The molecule has 0 spiro atoms. The van der Waals surface area contributed by atoms with Gasteiger partial charge in [-0.1, -0.05) is 42.5 Å². The smallest absolute Gasteiger partial charge is 0.218 e. The van der Waals surface area contributed by atoms with E-state index < -0.39 is 10.0 Å². The minimum atomic E-state index is -3.46. The Morgan fingerprint density at radius 1 is 1.09 bits per heavy atom. The molecule has 0 bridgehead atoms. The van der Waals surface area contributed by atoms with Crippen LogP contribution in [0.5, 0.6) is 0 Å². The zero-order chi connectivity index (χ0) is 16.3. The average Bonchev–Trinajstić information content (AvgIpc) is 2.58. The lowest BCUT2D eigenvalue weighted by atomic mass is 10.1. The zero-order valence-electron chi connectivity index (χ0n) is 12.6. The number of rotatable bonds is 4. The Hall–Kier alpha value is -1.76. The van der Waals surface area contributed by atoms with Gasteiger partial charge in [0.05, 0.1) is 18.5 Å². The lowest BCUT2D eigenvalue weighted by molar-refractivity contribution is -0.00260. The van der Waals surface area contributed by atoms with Crippen molar-refractivity contribution in [3.63, 3.8) is 0 Å². The first kappa shape index (κ1) is 16.1. The van der Waals surface area contributed by atoms with Gasteiger partial charge in [-0.15, -0.1) is 0 Å². The zero-order valence-corrected chi connectivity index (χ0v) is 13.4. The second-order valence-electron chi connectivity index (χ2n) is 5.51. The van der Waals surface area contributed by atoms with Gasteiger partial charge in [-0.05, 0) is 23.3 Å². The molecule has 2 aromatic carbocycles. The molecule has 122 valence electrons. The van der Waals surface area contributed by atoms with Crippen LogP contribution in [0.3, 0.4) is 0 Å². The molecule has 0 saturated carbocycles. The molecule has 1 unspecified atom stereocenters. The molecule has 0 amide bonds. The van der Waals surface area contributed by atoms with Crippen LogP contribution in [-0.2, 0) is 20.5 Å². The molecule has 1 atom stereocenters. The number of nitrogens with zero attached hydrogens (tertiary/aromatic N) is 1. The highest BCUT2D eigenvalue weighted by Crippen LogP contribution is 2.24. The van der Waals surface area contributed by atoms with Crippen LogP contribution in [0, 0.1) is 5.82 Å². The van der Waals surface area contributed by atoms with Crippen molar-refractivity contribution in [2.24, 2.45) is 0 Å². The predicted molar refractivity (Wildman–Crippen MR) is 85.7 cm³/mol. The van der Waals surface area contributed by atoms with E-state index in [0.717, 1.165) is 5.56 Å². The van der Waals surface area contributed by atoms with Crippen molar-refractivity contribution in [1.29, 1.82) is 0 Å². The molecule has 0 aliphatic carbocycles. The Bertz CT molecular complexity index is 747. The second kappa shape index (κ2) is 6.78. The first-order valence-electron chi connectivity index (χ1n) is 7.43. The highest BCUT2D eigenvalue weighted by atomic mass is 32.2. The van der Waals surface area contributed by atoms with Gasteiger partial charge >= 0.3 is 0 Å². The summed E-state index contributed by atoms with van der Waals surface area (Å²) in [6, 6.07) is 15.1. The fourth-order valence-electron chi connectivity index (χ4n) is 2.63. The topological polar surface area (TPSA) is 46.6 Å². The highest BCUT2D eigenvalue weighted by Gasteiger charge is 2.30.